The van der Waals surface area contributed by atoms with E-state index in [4.69, 9.17) is 9.47 Å². The lowest BCUT2D eigenvalue weighted by atomic mass is 10.2. The minimum absolute atomic E-state index is 0.0629. The van der Waals surface area contributed by atoms with Gasteiger partial charge in [0.2, 0.25) is 16.9 Å². The first kappa shape index (κ1) is 24.2. The number of thiazole rings is 1. The van der Waals surface area contributed by atoms with Gasteiger partial charge in [-0.2, -0.15) is 4.52 Å². The van der Waals surface area contributed by atoms with Crippen LogP contribution < -0.4 is 10.1 Å². The van der Waals surface area contributed by atoms with E-state index in [0.29, 0.717) is 34.0 Å². The predicted octanol–water partition coefficient (Wildman–Crippen LogP) is 5.00. The van der Waals surface area contributed by atoms with Crippen LogP contribution in [0.3, 0.4) is 0 Å². The van der Waals surface area contributed by atoms with Crippen LogP contribution in [0, 0.1) is 5.92 Å². The summed E-state index contributed by atoms with van der Waals surface area (Å²) in [5, 5.41) is 17.5. The Morgan fingerprint density at radius 3 is 2.95 bits per heavy atom. The number of ether oxygens (including phenoxy) is 2. The number of fused-ring (bicyclic) bond motifs is 4. The lowest BCUT2D eigenvalue weighted by Gasteiger charge is -2.26. The average molecular weight is 572 g/mol. The first-order chi connectivity index (χ1) is 19.6. The molecule has 10 nitrogen and oxygen atoms in total. The highest BCUT2D eigenvalue weighted by molar-refractivity contribution is 7.99. The van der Waals surface area contributed by atoms with Crippen molar-refractivity contribution >= 4 is 50.0 Å². The van der Waals surface area contributed by atoms with Crippen LogP contribution >= 0.6 is 23.1 Å². The Bertz CT molecular complexity index is 1750. The molecule has 2 saturated heterocycles. The van der Waals surface area contributed by atoms with Crippen molar-refractivity contribution in [3.63, 3.8) is 0 Å². The average Bonchev–Trinajstić information content (AvgIpc) is 3.23. The van der Waals surface area contributed by atoms with E-state index in [9.17, 15) is 4.79 Å². The molecule has 0 radical (unpaired) electrons. The zero-order chi connectivity index (χ0) is 26.6. The summed E-state index contributed by atoms with van der Waals surface area (Å²) in [4.78, 5) is 20.1. The van der Waals surface area contributed by atoms with Crippen LogP contribution in [-0.2, 0) is 16.1 Å². The number of nitrogens with zero attached hydrogens (tertiary/aromatic N) is 6. The van der Waals surface area contributed by atoms with E-state index in [0.717, 1.165) is 59.8 Å². The van der Waals surface area contributed by atoms with Crippen LogP contribution in [0.4, 0.5) is 5.13 Å². The molecule has 12 heteroatoms. The van der Waals surface area contributed by atoms with Crippen molar-refractivity contribution in [3.8, 4) is 11.6 Å². The summed E-state index contributed by atoms with van der Waals surface area (Å²) in [5.41, 5.74) is 2.70. The van der Waals surface area contributed by atoms with Gasteiger partial charge in [-0.25, -0.2) is 4.98 Å². The number of benzene rings is 2. The second-order valence-corrected chi connectivity index (χ2v) is 12.5. The van der Waals surface area contributed by atoms with E-state index in [1.165, 1.54) is 28.7 Å². The Morgan fingerprint density at radius 1 is 1.15 bits per heavy atom. The normalized spacial score (nSPS) is 20.5. The molecule has 40 heavy (non-hydrogen) atoms. The number of hydrogen-bond donors (Lipinski definition) is 1. The predicted molar refractivity (Wildman–Crippen MR) is 151 cm³/mol. The van der Waals surface area contributed by atoms with Crippen LogP contribution in [0.1, 0.15) is 24.8 Å². The largest absolute Gasteiger partial charge is 0.438 e. The highest BCUT2D eigenvalue weighted by Gasteiger charge is 2.38. The molecule has 3 aliphatic rings. The molecule has 202 valence electrons. The fourth-order valence-electron chi connectivity index (χ4n) is 5.29. The number of carbonyl (C=O) groups is 1. The SMILES string of the molecule is O=C(Nc1nc2ccc(Sc3nnc4ccc(Oc5cccc(CN6CC7C[C@H]6CO7)c5)nn34)cc2s1)C1CC1. The quantitative estimate of drug-likeness (QED) is 0.275. The van der Waals surface area contributed by atoms with Crippen LogP contribution in [0.2, 0.25) is 0 Å². The third-order valence-electron chi connectivity index (χ3n) is 7.48. The van der Waals surface area contributed by atoms with Crippen LogP contribution in [0.25, 0.3) is 15.9 Å². The maximum absolute atomic E-state index is 12.1. The van der Waals surface area contributed by atoms with E-state index in [-0.39, 0.29) is 11.8 Å². The van der Waals surface area contributed by atoms with E-state index < -0.39 is 0 Å². The summed E-state index contributed by atoms with van der Waals surface area (Å²) in [5.74, 6) is 1.42. The van der Waals surface area contributed by atoms with Crippen LogP contribution in [0.5, 0.6) is 11.6 Å². The van der Waals surface area contributed by atoms with E-state index in [1.807, 2.05) is 36.4 Å². The van der Waals surface area contributed by atoms with Crippen molar-refractivity contribution in [1.82, 2.24) is 29.7 Å². The molecule has 1 amide bonds. The molecule has 2 aromatic carbocycles. The van der Waals surface area contributed by atoms with Gasteiger partial charge in [0.15, 0.2) is 10.8 Å². The standard InChI is InChI=1S/C28H25N7O3S2/c36-26(17-4-5-17)30-27-29-22-7-6-21(12-23(22)40-27)39-28-32-31-24-8-9-25(33-35(24)28)38-19-3-1-2-16(10-19)13-34-14-20-11-18(34)15-37-20/h1-3,6-10,12,17-18,20H,4-5,11,13-15H2,(H,29,30,36)/t18-,20?/m0/s1. The molecule has 1 saturated carbocycles. The van der Waals surface area contributed by atoms with Gasteiger partial charge in [-0.1, -0.05) is 23.5 Å². The molecule has 1 unspecified atom stereocenters. The molecule has 2 atom stereocenters. The van der Waals surface area contributed by atoms with Gasteiger partial charge in [0.25, 0.3) is 0 Å². The van der Waals surface area contributed by atoms with Crippen LogP contribution in [-0.4, -0.2) is 60.9 Å². The summed E-state index contributed by atoms with van der Waals surface area (Å²) in [6, 6.07) is 18.4. The van der Waals surface area contributed by atoms with Gasteiger partial charge in [-0.05, 0) is 73.0 Å². The molecule has 2 bridgehead atoms. The van der Waals surface area contributed by atoms with Crippen molar-refractivity contribution in [2.75, 3.05) is 18.5 Å². The van der Waals surface area contributed by atoms with Gasteiger partial charge in [-0.3, -0.25) is 9.69 Å². The number of rotatable bonds is 8. The van der Waals surface area contributed by atoms with Gasteiger partial charge >= 0.3 is 0 Å². The first-order valence-electron chi connectivity index (χ1n) is 13.4. The molecule has 5 aromatic rings. The zero-order valence-electron chi connectivity index (χ0n) is 21.4. The summed E-state index contributed by atoms with van der Waals surface area (Å²) in [6.45, 7) is 2.72. The maximum Gasteiger partial charge on any atom is 0.237 e. The fraction of sp³-hybridized carbons (Fsp3) is 0.321. The monoisotopic (exact) mass is 571 g/mol. The Balaban J connectivity index is 0.987. The number of morpholine rings is 1. The molecule has 8 rings (SSSR count). The summed E-state index contributed by atoms with van der Waals surface area (Å²) >= 11 is 2.94. The van der Waals surface area contributed by atoms with Gasteiger partial charge in [-0.15, -0.1) is 15.3 Å². The minimum atomic E-state index is 0.0629. The number of hydrogen-bond acceptors (Lipinski definition) is 10. The Morgan fingerprint density at radius 2 is 2.10 bits per heavy atom. The minimum Gasteiger partial charge on any atom is -0.438 e. The maximum atomic E-state index is 12.1. The van der Waals surface area contributed by atoms with E-state index in [2.05, 4.69) is 48.7 Å². The number of anilines is 1. The second-order valence-electron chi connectivity index (χ2n) is 10.5. The zero-order valence-corrected chi connectivity index (χ0v) is 23.0. The van der Waals surface area contributed by atoms with Gasteiger partial charge in [0.1, 0.15) is 5.75 Å². The van der Waals surface area contributed by atoms with E-state index in [1.54, 1.807) is 4.52 Å². The summed E-state index contributed by atoms with van der Waals surface area (Å²) in [6.07, 6.45) is 3.45. The van der Waals surface area contributed by atoms with Crippen molar-refractivity contribution in [2.24, 2.45) is 5.92 Å². The number of carbonyl (C=O) groups excluding carboxylic acids is 1. The highest BCUT2D eigenvalue weighted by atomic mass is 32.2. The number of aromatic nitrogens is 5. The topological polar surface area (TPSA) is 107 Å². The third-order valence-corrected chi connectivity index (χ3v) is 9.34. The molecule has 0 spiro atoms. The van der Waals surface area contributed by atoms with Crippen molar-refractivity contribution < 1.29 is 14.3 Å². The van der Waals surface area contributed by atoms with Crippen molar-refractivity contribution in [2.45, 2.75) is 48.0 Å². The van der Waals surface area contributed by atoms with Crippen molar-refractivity contribution in [1.29, 1.82) is 0 Å². The Labute approximate surface area is 237 Å². The third kappa shape index (κ3) is 4.81. The van der Waals surface area contributed by atoms with E-state index >= 15 is 0 Å². The molecule has 2 aliphatic heterocycles. The van der Waals surface area contributed by atoms with Crippen LogP contribution in [0.15, 0.2) is 64.6 Å². The number of likely N-dealkylation sites (tertiary alicyclic amines) is 1. The molecule has 3 aromatic heterocycles. The number of amides is 1. The first-order valence-corrected chi connectivity index (χ1v) is 15.0. The molecule has 3 fully saturated rings. The van der Waals surface area contributed by atoms with Crippen molar-refractivity contribution in [3.05, 3.63) is 60.2 Å². The lowest BCUT2D eigenvalue weighted by Crippen LogP contribution is -2.36. The van der Waals surface area contributed by atoms with Gasteiger partial charge in [0, 0.05) is 36.0 Å². The fourth-order valence-corrected chi connectivity index (χ4v) is 7.09. The number of nitrogens with one attached hydrogen (secondary N) is 1. The smallest absolute Gasteiger partial charge is 0.237 e. The second kappa shape index (κ2) is 9.81. The Kier molecular flexibility index (Phi) is 5.94. The summed E-state index contributed by atoms with van der Waals surface area (Å²) < 4.78 is 14.6. The van der Waals surface area contributed by atoms with Gasteiger partial charge < -0.3 is 14.8 Å². The molecule has 1 N–H and O–H groups in total. The van der Waals surface area contributed by atoms with Gasteiger partial charge in [0.05, 0.1) is 22.9 Å². The molecule has 5 heterocycles. The summed E-state index contributed by atoms with van der Waals surface area (Å²) in [7, 11) is 0. The molecular weight excluding hydrogens is 546 g/mol. The Hall–Kier alpha value is -3.58. The highest BCUT2D eigenvalue weighted by Crippen LogP contribution is 2.35. The molecular formula is C28H25N7O3S2. The molecule has 1 aliphatic carbocycles. The lowest BCUT2D eigenvalue weighted by molar-refractivity contribution is -0.117.